The van der Waals surface area contributed by atoms with Gasteiger partial charge in [0.05, 0.1) is 5.92 Å². The zero-order valence-electron chi connectivity index (χ0n) is 16.2. The average Bonchev–Trinajstić information content (AvgIpc) is 2.58. The van der Waals surface area contributed by atoms with Crippen LogP contribution < -0.4 is 29.6 Å². The van der Waals surface area contributed by atoms with E-state index in [2.05, 4.69) is 11.2 Å². The van der Waals surface area contributed by atoms with E-state index in [-0.39, 0.29) is 40.4 Å². The Morgan fingerprint density at radius 2 is 1.65 bits per heavy atom. The van der Waals surface area contributed by atoms with Crippen LogP contribution in [-0.2, 0) is 14.8 Å². The molecule has 1 aromatic rings. The van der Waals surface area contributed by atoms with Crippen molar-refractivity contribution < 1.29 is 47.9 Å². The SMILES string of the molecule is CCCCCCC(CCC)C(=O)O.Cc1ccc(S(=O)(=O)[N-]Cl)cc1.[Na+]. The molecule has 1 atom stereocenters. The minimum absolute atomic E-state index is 0. The Morgan fingerprint density at radius 1 is 1.08 bits per heavy atom. The third-order valence-corrected chi connectivity index (χ3v) is 5.40. The molecule has 0 aliphatic heterocycles. The fraction of sp³-hybridized carbons (Fsp3) is 0.611. The van der Waals surface area contributed by atoms with Crippen LogP contribution in [0.15, 0.2) is 29.2 Å². The summed E-state index contributed by atoms with van der Waals surface area (Å²) in [5, 5.41) is 8.86. The summed E-state index contributed by atoms with van der Waals surface area (Å²) < 4.78 is 24.8. The summed E-state index contributed by atoms with van der Waals surface area (Å²) in [6, 6.07) is 6.32. The van der Waals surface area contributed by atoms with Crippen LogP contribution in [0.4, 0.5) is 0 Å². The topological polar surface area (TPSA) is 85.5 Å². The third kappa shape index (κ3) is 12.3. The first-order valence-electron chi connectivity index (χ1n) is 8.66. The van der Waals surface area contributed by atoms with Crippen LogP contribution in [0.25, 0.3) is 4.24 Å². The largest absolute Gasteiger partial charge is 1.00 e. The molecule has 0 aromatic heterocycles. The van der Waals surface area contributed by atoms with Crippen molar-refractivity contribution in [2.75, 3.05) is 0 Å². The van der Waals surface area contributed by atoms with E-state index in [9.17, 15) is 13.2 Å². The zero-order valence-corrected chi connectivity index (χ0v) is 19.8. The number of carboxylic acid groups (broad SMARTS) is 1. The first-order chi connectivity index (χ1) is 11.8. The number of carbonyl (C=O) groups is 1. The number of hydrogen-bond acceptors (Lipinski definition) is 3. The standard InChI is InChI=1S/C11H22O2.C7H7ClNO2S.Na/c1-3-5-6-7-9-10(8-4-2)11(12)13;1-6-2-4-7(5-3-6)12(10,11)9-8;/h10H,3-9H2,1-2H3,(H,12,13);2-5H,1H3;/q;-1;+1. The molecule has 0 saturated carbocycles. The maximum atomic E-state index is 11.0. The second kappa shape index (κ2) is 15.9. The van der Waals surface area contributed by atoms with Gasteiger partial charge in [0.1, 0.15) is 10.0 Å². The van der Waals surface area contributed by atoms with Crippen LogP contribution >= 0.6 is 11.8 Å². The maximum absolute atomic E-state index is 11.0. The van der Waals surface area contributed by atoms with E-state index in [1.54, 1.807) is 12.1 Å². The van der Waals surface area contributed by atoms with E-state index >= 15 is 0 Å². The molecule has 0 radical (unpaired) electrons. The molecule has 1 N–H and O–H groups in total. The molecule has 0 aliphatic carbocycles. The summed E-state index contributed by atoms with van der Waals surface area (Å²) in [7, 11) is -3.62. The predicted molar refractivity (Wildman–Crippen MR) is 102 cm³/mol. The molecule has 5 nitrogen and oxygen atoms in total. The number of aliphatic carboxylic acids is 1. The molecular weight excluding hydrogens is 385 g/mol. The Labute approximate surface area is 185 Å². The van der Waals surface area contributed by atoms with Gasteiger partial charge in [-0.3, -0.25) is 16.6 Å². The summed E-state index contributed by atoms with van der Waals surface area (Å²) in [6.45, 7) is 6.08. The van der Waals surface area contributed by atoms with Crippen molar-refractivity contribution in [3.05, 3.63) is 34.1 Å². The molecule has 0 saturated heterocycles. The number of rotatable bonds is 10. The molecule has 1 rings (SSSR count). The normalized spacial score (nSPS) is 11.7. The summed E-state index contributed by atoms with van der Waals surface area (Å²) in [6.07, 6.45) is 7.38. The van der Waals surface area contributed by atoms with Crippen molar-refractivity contribution in [2.45, 2.75) is 70.6 Å². The van der Waals surface area contributed by atoms with E-state index in [1.165, 1.54) is 31.4 Å². The van der Waals surface area contributed by atoms with Gasteiger partial charge >= 0.3 is 35.5 Å². The first-order valence-corrected chi connectivity index (χ1v) is 10.4. The Bertz CT molecular complexity index is 594. The molecule has 0 aliphatic rings. The molecular formula is C18H29ClNNaO4S. The van der Waals surface area contributed by atoms with Gasteiger partial charge in [0, 0.05) is 4.90 Å². The van der Waals surface area contributed by atoms with E-state index in [1.807, 2.05) is 13.8 Å². The van der Waals surface area contributed by atoms with Gasteiger partial charge in [0.15, 0.2) is 0 Å². The van der Waals surface area contributed by atoms with E-state index in [0.29, 0.717) is 0 Å². The van der Waals surface area contributed by atoms with E-state index < -0.39 is 16.0 Å². The molecule has 0 bridgehead atoms. The van der Waals surface area contributed by atoms with Crippen LogP contribution in [0.3, 0.4) is 0 Å². The van der Waals surface area contributed by atoms with Crippen molar-refractivity contribution in [1.29, 1.82) is 0 Å². The summed E-state index contributed by atoms with van der Waals surface area (Å²) in [5.74, 6) is -0.708. The van der Waals surface area contributed by atoms with Gasteiger partial charge in [0.2, 0.25) is 0 Å². The maximum Gasteiger partial charge on any atom is 1.00 e. The molecule has 0 fully saturated rings. The molecule has 26 heavy (non-hydrogen) atoms. The average molecular weight is 414 g/mol. The van der Waals surface area contributed by atoms with Gasteiger partial charge < -0.3 is 9.35 Å². The minimum Gasteiger partial charge on any atom is -0.481 e. The van der Waals surface area contributed by atoms with Crippen LogP contribution in [0.1, 0.15) is 64.4 Å². The number of halogens is 1. The van der Waals surface area contributed by atoms with Crippen LogP contribution in [-0.4, -0.2) is 19.5 Å². The van der Waals surface area contributed by atoms with Crippen LogP contribution in [0.2, 0.25) is 0 Å². The number of aryl methyl sites for hydroxylation is 1. The number of hydrogen-bond donors (Lipinski definition) is 1. The van der Waals surface area contributed by atoms with Crippen molar-refractivity contribution >= 4 is 27.8 Å². The second-order valence-corrected chi connectivity index (χ2v) is 8.00. The molecule has 0 amide bonds. The second-order valence-electron chi connectivity index (χ2n) is 6.03. The predicted octanol–water partition coefficient (Wildman–Crippen LogP) is 2.67. The van der Waals surface area contributed by atoms with Gasteiger partial charge in [-0.05, 0) is 31.9 Å². The summed E-state index contributed by atoms with van der Waals surface area (Å²) >= 11 is 4.90. The molecule has 1 unspecified atom stereocenters. The molecule has 144 valence electrons. The molecule has 1 aromatic carbocycles. The van der Waals surface area contributed by atoms with Crippen LogP contribution in [0, 0.1) is 12.8 Å². The Hall–Kier alpha value is -0.110. The van der Waals surface area contributed by atoms with Crippen molar-refractivity contribution in [1.82, 2.24) is 0 Å². The molecule has 0 heterocycles. The van der Waals surface area contributed by atoms with E-state index in [4.69, 9.17) is 16.9 Å². The first kappa shape index (κ1) is 28.1. The number of sulfonamides is 1. The zero-order chi connectivity index (χ0) is 19.3. The minimum atomic E-state index is -3.62. The number of nitrogens with zero attached hydrogens (tertiary/aromatic N) is 1. The van der Waals surface area contributed by atoms with Gasteiger partial charge in [-0.25, -0.2) is 8.42 Å². The van der Waals surface area contributed by atoms with Crippen molar-refractivity contribution in [3.8, 4) is 0 Å². The third-order valence-electron chi connectivity index (χ3n) is 3.80. The Kier molecular flexibility index (Phi) is 17.2. The number of carboxylic acids is 1. The van der Waals surface area contributed by atoms with Gasteiger partial charge in [0.25, 0.3) is 0 Å². The smallest absolute Gasteiger partial charge is 0.481 e. The van der Waals surface area contributed by atoms with Crippen molar-refractivity contribution in [3.63, 3.8) is 0 Å². The molecule has 0 spiro atoms. The number of unbranched alkanes of at least 4 members (excludes halogenated alkanes) is 3. The van der Waals surface area contributed by atoms with Gasteiger partial charge in [-0.2, -0.15) is 0 Å². The Morgan fingerprint density at radius 3 is 2.08 bits per heavy atom. The molecule has 8 heteroatoms. The fourth-order valence-corrected chi connectivity index (χ4v) is 3.11. The summed E-state index contributed by atoms with van der Waals surface area (Å²) in [4.78, 5) is 10.9. The van der Waals surface area contributed by atoms with E-state index in [0.717, 1.165) is 31.2 Å². The fourth-order valence-electron chi connectivity index (χ4n) is 2.31. The van der Waals surface area contributed by atoms with Gasteiger partial charge in [-0.15, -0.1) is 0 Å². The van der Waals surface area contributed by atoms with Gasteiger partial charge in [-0.1, -0.05) is 63.6 Å². The number of benzene rings is 1. The summed E-state index contributed by atoms with van der Waals surface area (Å²) in [5.41, 5.74) is 0.989. The monoisotopic (exact) mass is 413 g/mol. The quantitative estimate of drug-likeness (QED) is 0.472. The van der Waals surface area contributed by atoms with Crippen molar-refractivity contribution in [2.24, 2.45) is 5.92 Å². The Balaban J connectivity index is 0. The van der Waals surface area contributed by atoms with Crippen LogP contribution in [0.5, 0.6) is 0 Å².